The van der Waals surface area contributed by atoms with Crippen molar-refractivity contribution in [1.82, 2.24) is 15.0 Å². The van der Waals surface area contributed by atoms with Crippen molar-refractivity contribution in [1.29, 1.82) is 0 Å². The lowest BCUT2D eigenvalue weighted by Crippen LogP contribution is -2.45. The Morgan fingerprint density at radius 3 is 2.73 bits per heavy atom. The van der Waals surface area contributed by atoms with Gasteiger partial charge in [-0.3, -0.25) is 0 Å². The molecule has 8 heteroatoms. The quantitative estimate of drug-likeness (QED) is 0.562. The Balaban J connectivity index is 1.32. The Bertz CT molecular complexity index is 1210. The minimum atomic E-state index is -0.586. The number of piperidine rings is 1. The number of aliphatic hydroxyl groups is 1. The van der Waals surface area contributed by atoms with E-state index in [0.29, 0.717) is 22.8 Å². The number of fused-ring (bicyclic) bond motifs is 1. The van der Waals surface area contributed by atoms with Gasteiger partial charge in [-0.1, -0.05) is 35.9 Å². The monoisotopic (exact) mass is 465 g/mol. The second-order valence-electron chi connectivity index (χ2n) is 8.76. The van der Waals surface area contributed by atoms with Gasteiger partial charge in [0.1, 0.15) is 5.69 Å². The molecule has 0 saturated carbocycles. The van der Waals surface area contributed by atoms with Crippen LogP contribution in [-0.4, -0.2) is 33.1 Å². The van der Waals surface area contributed by atoms with Gasteiger partial charge in [-0.2, -0.15) is 0 Å². The molecule has 6 nitrogen and oxygen atoms in total. The number of rotatable bonds is 4. The molecule has 2 aliphatic rings. The van der Waals surface area contributed by atoms with Crippen LogP contribution in [0.25, 0.3) is 12.2 Å². The highest BCUT2D eigenvalue weighted by Gasteiger charge is 2.46. The third kappa shape index (κ3) is 4.01. The molecule has 1 aliphatic carbocycles. The highest BCUT2D eigenvalue weighted by atomic mass is 35.5. The molecule has 0 amide bonds. The molecule has 1 saturated heterocycles. The summed E-state index contributed by atoms with van der Waals surface area (Å²) in [5, 5.41) is 9.77. The molecule has 3 aromatic rings. The first-order valence-corrected chi connectivity index (χ1v) is 11.4. The number of hydrogen-bond acceptors (Lipinski definition) is 6. The van der Waals surface area contributed by atoms with Crippen LogP contribution < -0.4 is 10.6 Å². The maximum Gasteiger partial charge on any atom is 0.167 e. The fourth-order valence-corrected chi connectivity index (χ4v) is 5.26. The lowest BCUT2D eigenvalue weighted by atomic mass is 9.73. The lowest BCUT2D eigenvalue weighted by Gasteiger charge is -2.42. The van der Waals surface area contributed by atoms with E-state index in [0.717, 1.165) is 32.4 Å². The van der Waals surface area contributed by atoms with E-state index < -0.39 is 5.82 Å². The van der Waals surface area contributed by atoms with Gasteiger partial charge in [0.25, 0.3) is 0 Å². The fourth-order valence-electron chi connectivity index (χ4n) is 5.09. The van der Waals surface area contributed by atoms with Gasteiger partial charge >= 0.3 is 0 Å². The van der Waals surface area contributed by atoms with Crippen molar-refractivity contribution >= 4 is 29.6 Å². The molecular weight excluding hydrogens is 441 g/mol. The van der Waals surface area contributed by atoms with Crippen LogP contribution >= 0.6 is 11.6 Å². The van der Waals surface area contributed by atoms with Crippen LogP contribution in [0, 0.1) is 11.2 Å². The summed E-state index contributed by atoms with van der Waals surface area (Å²) >= 11 is 5.74. The Labute approximate surface area is 197 Å². The van der Waals surface area contributed by atoms with Gasteiger partial charge < -0.3 is 15.7 Å². The van der Waals surface area contributed by atoms with Gasteiger partial charge in [0.2, 0.25) is 0 Å². The summed E-state index contributed by atoms with van der Waals surface area (Å²) in [6, 6.07) is 10.1. The van der Waals surface area contributed by atoms with Crippen LogP contribution in [0.1, 0.15) is 47.0 Å². The molecule has 1 fully saturated rings. The molecule has 1 spiro atoms. The highest BCUT2D eigenvalue weighted by molar-refractivity contribution is 6.29. The molecule has 1 atom stereocenters. The molecule has 0 bridgehead atoms. The topological polar surface area (TPSA) is 88.2 Å². The second kappa shape index (κ2) is 8.82. The average molecular weight is 466 g/mol. The van der Waals surface area contributed by atoms with Crippen LogP contribution in [0.4, 0.5) is 10.2 Å². The fraction of sp³-hybridized carbons (Fsp3) is 0.320. The number of aromatic nitrogens is 3. The smallest absolute Gasteiger partial charge is 0.167 e. The van der Waals surface area contributed by atoms with E-state index >= 15 is 0 Å². The van der Waals surface area contributed by atoms with Crippen molar-refractivity contribution in [3.8, 4) is 0 Å². The predicted octanol–water partition coefficient (Wildman–Crippen LogP) is 4.17. The van der Waals surface area contributed by atoms with Gasteiger partial charge in [0, 0.05) is 30.9 Å². The molecule has 170 valence electrons. The van der Waals surface area contributed by atoms with Crippen LogP contribution in [0.2, 0.25) is 5.15 Å². The van der Waals surface area contributed by atoms with Gasteiger partial charge in [-0.05, 0) is 54.0 Å². The Kier molecular flexibility index (Phi) is 5.86. The van der Waals surface area contributed by atoms with E-state index in [1.54, 1.807) is 18.3 Å². The van der Waals surface area contributed by atoms with Gasteiger partial charge in [-0.25, -0.2) is 19.3 Å². The van der Waals surface area contributed by atoms with E-state index in [1.807, 2.05) is 0 Å². The summed E-state index contributed by atoms with van der Waals surface area (Å²) < 4.78 is 14.1. The Morgan fingerprint density at radius 1 is 1.18 bits per heavy atom. The predicted molar refractivity (Wildman–Crippen MR) is 127 cm³/mol. The lowest BCUT2D eigenvalue weighted by molar-refractivity contribution is 0.186. The van der Waals surface area contributed by atoms with Crippen LogP contribution in [0.15, 0.2) is 42.7 Å². The largest absolute Gasteiger partial charge is 0.390 e. The van der Waals surface area contributed by atoms with Crippen LogP contribution in [0.5, 0.6) is 0 Å². The zero-order valence-electron chi connectivity index (χ0n) is 18.1. The number of nitrogens with two attached hydrogens (primary N) is 1. The second-order valence-corrected chi connectivity index (χ2v) is 9.12. The third-order valence-corrected chi connectivity index (χ3v) is 7.22. The molecule has 1 aliphatic heterocycles. The first-order chi connectivity index (χ1) is 16.0. The number of halogens is 2. The zero-order valence-corrected chi connectivity index (χ0v) is 18.8. The summed E-state index contributed by atoms with van der Waals surface area (Å²) in [5.41, 5.74) is 10.7. The van der Waals surface area contributed by atoms with Gasteiger partial charge in [0.15, 0.2) is 16.8 Å². The standard InChI is InChI=1S/C25H25ClFN5O/c26-23-21(27)16(7-10-29-23)5-6-18-14-30-24(20(15-33)31-18)32-11-8-25(9-12-32)13-17-3-1-2-4-19(17)22(25)28/h1-7,10,14,22,33H,8-9,11-13,15,28H2/b6-5-/t22-/m1/s1. The Hall–Kier alpha value is -2.87. The van der Waals surface area contributed by atoms with Crippen molar-refractivity contribution in [2.75, 3.05) is 18.0 Å². The number of nitrogens with zero attached hydrogens (tertiary/aromatic N) is 4. The van der Waals surface area contributed by atoms with E-state index in [1.165, 1.54) is 23.4 Å². The number of benzene rings is 1. The number of aliphatic hydroxyl groups excluding tert-OH is 1. The minimum absolute atomic E-state index is 0.0499. The SMILES string of the molecule is N[C@@H]1c2ccccc2CC12CCN(c1ncc(/C=C\c3ccnc(Cl)c3F)nc1CO)CC2. The number of hydrogen-bond donors (Lipinski definition) is 2. The van der Waals surface area contributed by atoms with E-state index in [2.05, 4.69) is 44.1 Å². The van der Waals surface area contributed by atoms with Crippen molar-refractivity contribution in [3.63, 3.8) is 0 Å². The number of pyridine rings is 1. The minimum Gasteiger partial charge on any atom is -0.390 e. The summed E-state index contributed by atoms with van der Waals surface area (Å²) in [6.07, 6.45) is 9.21. The molecule has 3 heterocycles. The molecule has 2 aromatic heterocycles. The summed E-state index contributed by atoms with van der Waals surface area (Å²) in [6.45, 7) is 1.38. The Morgan fingerprint density at radius 2 is 1.97 bits per heavy atom. The first-order valence-electron chi connectivity index (χ1n) is 11.0. The van der Waals surface area contributed by atoms with Crippen LogP contribution in [-0.2, 0) is 13.0 Å². The van der Waals surface area contributed by atoms with Crippen molar-refractivity contribution in [2.24, 2.45) is 11.1 Å². The summed E-state index contributed by atoms with van der Waals surface area (Å²) in [5.74, 6) is 0.101. The molecule has 0 radical (unpaired) electrons. The maximum absolute atomic E-state index is 14.1. The highest BCUT2D eigenvalue weighted by Crippen LogP contribution is 2.51. The summed E-state index contributed by atoms with van der Waals surface area (Å²) in [7, 11) is 0. The molecular formula is C25H25ClFN5O. The molecule has 3 N–H and O–H groups in total. The van der Waals surface area contributed by atoms with Crippen LogP contribution in [0.3, 0.4) is 0 Å². The molecule has 33 heavy (non-hydrogen) atoms. The van der Waals surface area contributed by atoms with E-state index in [9.17, 15) is 9.50 Å². The zero-order chi connectivity index (χ0) is 23.0. The van der Waals surface area contributed by atoms with Crippen molar-refractivity contribution in [3.05, 3.63) is 81.8 Å². The van der Waals surface area contributed by atoms with E-state index in [4.69, 9.17) is 17.3 Å². The van der Waals surface area contributed by atoms with Crippen molar-refractivity contribution in [2.45, 2.75) is 31.9 Å². The van der Waals surface area contributed by atoms with Gasteiger partial charge in [0.05, 0.1) is 18.5 Å². The van der Waals surface area contributed by atoms with E-state index in [-0.39, 0.29) is 23.2 Å². The van der Waals surface area contributed by atoms with Gasteiger partial charge in [-0.15, -0.1) is 0 Å². The molecule has 0 unspecified atom stereocenters. The van der Waals surface area contributed by atoms with Crippen molar-refractivity contribution < 1.29 is 9.50 Å². The summed E-state index contributed by atoms with van der Waals surface area (Å²) in [4.78, 5) is 15.0. The number of anilines is 1. The average Bonchev–Trinajstić information content (AvgIpc) is 3.11. The third-order valence-electron chi connectivity index (χ3n) is 6.95. The first kappa shape index (κ1) is 21.9. The normalized spacial score (nSPS) is 19.4. The maximum atomic E-state index is 14.1. The molecule has 5 rings (SSSR count). The molecule has 1 aromatic carbocycles.